The van der Waals surface area contributed by atoms with Gasteiger partial charge in [-0.05, 0) is 41.5 Å². The van der Waals surface area contributed by atoms with Crippen LogP contribution in [0.4, 0.5) is 0 Å². The summed E-state index contributed by atoms with van der Waals surface area (Å²) in [5.41, 5.74) is 7.68. The monoisotopic (exact) mass is 443 g/mol. The number of aliphatic hydroxyl groups excluding tert-OH is 2. The smallest absolute Gasteiger partial charge is 0.120 e. The number of aliphatic hydroxyl groups is 2. The second-order valence-corrected chi connectivity index (χ2v) is 8.71. The molecule has 0 amide bonds. The van der Waals surface area contributed by atoms with Crippen LogP contribution >= 0.6 is 23.4 Å². The van der Waals surface area contributed by atoms with Crippen LogP contribution < -0.4 is 10.5 Å². The molecule has 0 heterocycles. The number of nitrogens with two attached hydrogens (primary N) is 1. The third kappa shape index (κ3) is 6.00. The fraction of sp³-hybridized carbons (Fsp3) is 0.250. The first-order valence-corrected chi connectivity index (χ1v) is 11.0. The van der Waals surface area contributed by atoms with Crippen LogP contribution in [0, 0.1) is 0 Å². The Morgan fingerprint density at radius 3 is 2.43 bits per heavy atom. The number of hydrogen-bond acceptors (Lipinski definition) is 5. The lowest BCUT2D eigenvalue weighted by Crippen LogP contribution is -2.41. The van der Waals surface area contributed by atoms with Gasteiger partial charge in [0.05, 0.1) is 18.8 Å². The van der Waals surface area contributed by atoms with Gasteiger partial charge in [-0.25, -0.2) is 0 Å². The summed E-state index contributed by atoms with van der Waals surface area (Å²) in [6, 6.07) is 23.0. The fourth-order valence-corrected chi connectivity index (χ4v) is 4.43. The second kappa shape index (κ2) is 10.8. The summed E-state index contributed by atoms with van der Waals surface area (Å²) in [5.74, 6) is 0.523. The standard InChI is InChI=1S/C24H26ClNO3S/c1-16(24(28)23(26)14-27)21-11-10-20(13-22(21)25)30-19-9-5-8-18(12-19)29-15-17-6-3-2-4-7-17/h2-13,16,23-24,27-28H,14-15,26H2,1H3. The minimum absolute atomic E-state index is 0.278. The van der Waals surface area contributed by atoms with Gasteiger partial charge in [0.1, 0.15) is 12.4 Å². The topological polar surface area (TPSA) is 75.7 Å². The van der Waals surface area contributed by atoms with Crippen LogP contribution in [0.15, 0.2) is 82.6 Å². The van der Waals surface area contributed by atoms with E-state index in [2.05, 4.69) is 0 Å². The minimum atomic E-state index is -0.871. The highest BCUT2D eigenvalue weighted by Gasteiger charge is 2.24. The molecule has 6 heteroatoms. The van der Waals surface area contributed by atoms with Crippen LogP contribution in [0.5, 0.6) is 5.75 Å². The average molecular weight is 444 g/mol. The Morgan fingerprint density at radius 2 is 1.73 bits per heavy atom. The Bertz CT molecular complexity index is 954. The highest BCUT2D eigenvalue weighted by Crippen LogP contribution is 2.35. The number of halogens is 1. The first kappa shape index (κ1) is 22.7. The van der Waals surface area contributed by atoms with E-state index in [1.807, 2.05) is 79.7 Å². The molecule has 3 rings (SSSR count). The van der Waals surface area contributed by atoms with Crippen molar-refractivity contribution in [1.82, 2.24) is 0 Å². The summed E-state index contributed by atoms with van der Waals surface area (Å²) in [6.45, 7) is 2.09. The Hall–Kier alpha value is -2.02. The zero-order valence-electron chi connectivity index (χ0n) is 16.7. The molecular formula is C24H26ClNO3S. The molecule has 0 aliphatic rings. The molecule has 0 radical (unpaired) electrons. The third-order valence-corrected chi connectivity index (χ3v) is 6.22. The van der Waals surface area contributed by atoms with Gasteiger partial charge in [-0.1, -0.05) is 72.8 Å². The van der Waals surface area contributed by atoms with Gasteiger partial charge in [-0.3, -0.25) is 0 Å². The SMILES string of the molecule is CC(c1ccc(Sc2cccc(OCc3ccccc3)c2)cc1Cl)C(O)C(N)CO. The normalized spacial score (nSPS) is 14.2. The van der Waals surface area contributed by atoms with E-state index in [0.29, 0.717) is 11.6 Å². The zero-order chi connectivity index (χ0) is 21.5. The highest BCUT2D eigenvalue weighted by molar-refractivity contribution is 7.99. The summed E-state index contributed by atoms with van der Waals surface area (Å²) in [7, 11) is 0. The van der Waals surface area contributed by atoms with Gasteiger partial charge < -0.3 is 20.7 Å². The summed E-state index contributed by atoms with van der Waals surface area (Å²) >= 11 is 8.06. The molecule has 3 atom stereocenters. The van der Waals surface area contributed by atoms with E-state index >= 15 is 0 Å². The van der Waals surface area contributed by atoms with E-state index in [-0.39, 0.29) is 12.5 Å². The Balaban J connectivity index is 1.67. The van der Waals surface area contributed by atoms with Gasteiger partial charge in [-0.15, -0.1) is 0 Å². The number of hydrogen-bond donors (Lipinski definition) is 3. The first-order valence-electron chi connectivity index (χ1n) is 9.76. The highest BCUT2D eigenvalue weighted by atomic mass is 35.5. The number of ether oxygens (including phenoxy) is 1. The zero-order valence-corrected chi connectivity index (χ0v) is 18.3. The Morgan fingerprint density at radius 1 is 1.00 bits per heavy atom. The maximum absolute atomic E-state index is 10.3. The van der Waals surface area contributed by atoms with Crippen LogP contribution in [-0.4, -0.2) is 29.0 Å². The largest absolute Gasteiger partial charge is 0.489 e. The van der Waals surface area contributed by atoms with E-state index in [9.17, 15) is 10.2 Å². The molecule has 0 aromatic heterocycles. The molecule has 0 bridgehead atoms. The van der Waals surface area contributed by atoms with Crippen LogP contribution in [0.1, 0.15) is 24.0 Å². The molecule has 30 heavy (non-hydrogen) atoms. The second-order valence-electron chi connectivity index (χ2n) is 7.16. The molecule has 0 saturated heterocycles. The first-order chi connectivity index (χ1) is 14.5. The van der Waals surface area contributed by atoms with Gasteiger partial charge in [0.2, 0.25) is 0 Å². The predicted octanol–water partition coefficient (Wildman–Crippen LogP) is 4.85. The van der Waals surface area contributed by atoms with Crippen LogP contribution in [0.25, 0.3) is 0 Å². The summed E-state index contributed by atoms with van der Waals surface area (Å²) in [4.78, 5) is 2.02. The van der Waals surface area contributed by atoms with Crippen molar-refractivity contribution in [3.8, 4) is 5.75 Å². The molecule has 0 saturated carbocycles. The van der Waals surface area contributed by atoms with Crippen LogP contribution in [0.3, 0.4) is 0 Å². The van der Waals surface area contributed by atoms with Crippen molar-refractivity contribution in [1.29, 1.82) is 0 Å². The van der Waals surface area contributed by atoms with Crippen molar-refractivity contribution in [3.63, 3.8) is 0 Å². The molecule has 0 fully saturated rings. The van der Waals surface area contributed by atoms with Gasteiger partial charge in [0, 0.05) is 20.7 Å². The van der Waals surface area contributed by atoms with Crippen LogP contribution in [-0.2, 0) is 6.61 Å². The molecule has 158 valence electrons. The van der Waals surface area contributed by atoms with Gasteiger partial charge in [0.25, 0.3) is 0 Å². The summed E-state index contributed by atoms with van der Waals surface area (Å²) in [5, 5.41) is 20.0. The van der Waals surface area contributed by atoms with Gasteiger partial charge in [0.15, 0.2) is 0 Å². The Kier molecular flexibility index (Phi) is 8.19. The Labute approximate surface area is 186 Å². The van der Waals surface area contributed by atoms with E-state index in [1.54, 1.807) is 11.8 Å². The van der Waals surface area contributed by atoms with Crippen molar-refractivity contribution >= 4 is 23.4 Å². The molecular weight excluding hydrogens is 418 g/mol. The van der Waals surface area contributed by atoms with Crippen LogP contribution in [0.2, 0.25) is 5.02 Å². The molecule has 3 unspecified atom stereocenters. The fourth-order valence-electron chi connectivity index (χ4n) is 3.11. The molecule has 4 N–H and O–H groups in total. The van der Waals surface area contributed by atoms with E-state index in [0.717, 1.165) is 26.7 Å². The molecule has 0 aliphatic heterocycles. The maximum atomic E-state index is 10.3. The molecule has 3 aromatic carbocycles. The molecule has 3 aromatic rings. The van der Waals surface area contributed by atoms with E-state index < -0.39 is 12.1 Å². The van der Waals surface area contributed by atoms with E-state index in [4.69, 9.17) is 22.1 Å². The minimum Gasteiger partial charge on any atom is -0.489 e. The van der Waals surface area contributed by atoms with E-state index in [1.165, 1.54) is 0 Å². The summed E-state index contributed by atoms with van der Waals surface area (Å²) in [6.07, 6.45) is -0.871. The van der Waals surface area contributed by atoms with Crippen molar-refractivity contribution in [3.05, 3.63) is 88.9 Å². The molecule has 0 aliphatic carbocycles. The average Bonchev–Trinajstić information content (AvgIpc) is 2.77. The molecule has 0 spiro atoms. The van der Waals surface area contributed by atoms with Crippen molar-refractivity contribution < 1.29 is 14.9 Å². The molecule has 4 nitrogen and oxygen atoms in total. The number of rotatable bonds is 9. The predicted molar refractivity (Wildman–Crippen MR) is 122 cm³/mol. The maximum Gasteiger partial charge on any atom is 0.120 e. The van der Waals surface area contributed by atoms with Gasteiger partial charge in [-0.2, -0.15) is 0 Å². The lowest BCUT2D eigenvalue weighted by atomic mass is 9.91. The van der Waals surface area contributed by atoms with Gasteiger partial charge >= 0.3 is 0 Å². The quantitative estimate of drug-likeness (QED) is 0.440. The lowest BCUT2D eigenvalue weighted by molar-refractivity contribution is 0.0900. The van der Waals surface area contributed by atoms with Crippen molar-refractivity contribution in [2.75, 3.05) is 6.61 Å². The summed E-state index contributed by atoms with van der Waals surface area (Å²) < 4.78 is 5.90. The van der Waals surface area contributed by atoms with Crippen molar-refractivity contribution in [2.24, 2.45) is 5.73 Å². The third-order valence-electron chi connectivity index (χ3n) is 4.91. The number of benzene rings is 3. The lowest BCUT2D eigenvalue weighted by Gasteiger charge is -2.24. The van der Waals surface area contributed by atoms with Crippen molar-refractivity contribution in [2.45, 2.75) is 41.4 Å².